The lowest BCUT2D eigenvalue weighted by Crippen LogP contribution is -2.53. The Bertz CT molecular complexity index is 1230. The summed E-state index contributed by atoms with van der Waals surface area (Å²) in [7, 11) is 0. The molecule has 2 heterocycles. The third kappa shape index (κ3) is 4.77. The van der Waals surface area contributed by atoms with Crippen LogP contribution < -0.4 is 15.2 Å². The molecule has 0 unspecified atom stereocenters. The summed E-state index contributed by atoms with van der Waals surface area (Å²) in [6.07, 6.45) is 5.25. The minimum Gasteiger partial charge on any atom is -0.502 e. The zero-order chi connectivity index (χ0) is 23.4. The van der Waals surface area contributed by atoms with Crippen LogP contribution in [0.15, 0.2) is 77.7 Å². The first-order chi connectivity index (χ1) is 16.0. The van der Waals surface area contributed by atoms with Crippen LogP contribution in [-0.2, 0) is 6.54 Å². The van der Waals surface area contributed by atoms with Crippen molar-refractivity contribution >= 4 is 5.91 Å². The summed E-state index contributed by atoms with van der Waals surface area (Å²) in [5, 5.41) is 12.3. The maximum Gasteiger partial charge on any atom is 0.278 e. The summed E-state index contributed by atoms with van der Waals surface area (Å²) in [5.41, 5.74) is 2.72. The molecule has 0 aliphatic carbocycles. The fourth-order valence-electron chi connectivity index (χ4n) is 3.78. The standard InChI is InChI=1S/C26H27N3O4/c1-19-9-8-12-23(20(19)2)33-16-7-6-14-27-18-28(17-21-10-4-3-5-11-21)29-15-13-22(30)25(31)24(29)26(27)32/h3-13,15,31H,14,16-18H2,1-2H3/b7-6+. The van der Waals surface area contributed by atoms with Crippen molar-refractivity contribution in [2.24, 2.45) is 0 Å². The van der Waals surface area contributed by atoms with Gasteiger partial charge in [0.1, 0.15) is 19.0 Å². The van der Waals surface area contributed by atoms with Gasteiger partial charge in [-0.05, 0) is 42.7 Å². The first kappa shape index (κ1) is 22.2. The highest BCUT2D eigenvalue weighted by Gasteiger charge is 2.31. The van der Waals surface area contributed by atoms with E-state index in [1.54, 1.807) is 9.58 Å². The number of amides is 1. The Balaban J connectivity index is 1.49. The summed E-state index contributed by atoms with van der Waals surface area (Å²) in [6, 6.07) is 17.0. The van der Waals surface area contributed by atoms with Gasteiger partial charge in [-0.3, -0.25) is 19.3 Å². The largest absolute Gasteiger partial charge is 0.502 e. The molecule has 170 valence electrons. The molecule has 1 aliphatic heterocycles. The van der Waals surface area contributed by atoms with E-state index in [0.717, 1.165) is 16.9 Å². The molecule has 1 amide bonds. The molecular formula is C26H27N3O4. The highest BCUT2D eigenvalue weighted by Crippen LogP contribution is 2.22. The van der Waals surface area contributed by atoms with Crippen molar-refractivity contribution in [2.75, 3.05) is 24.8 Å². The lowest BCUT2D eigenvalue weighted by atomic mass is 10.1. The van der Waals surface area contributed by atoms with Gasteiger partial charge in [-0.1, -0.05) is 48.5 Å². The Morgan fingerprint density at radius 2 is 1.79 bits per heavy atom. The fraction of sp³-hybridized carbons (Fsp3) is 0.231. The average Bonchev–Trinajstić information content (AvgIpc) is 2.81. The van der Waals surface area contributed by atoms with Crippen molar-refractivity contribution in [3.8, 4) is 11.5 Å². The summed E-state index contributed by atoms with van der Waals surface area (Å²) >= 11 is 0. The Morgan fingerprint density at radius 3 is 2.58 bits per heavy atom. The number of rotatable bonds is 7. The number of aromatic nitrogens is 1. The molecule has 0 fully saturated rings. The first-order valence-electron chi connectivity index (χ1n) is 10.8. The monoisotopic (exact) mass is 445 g/mol. The van der Waals surface area contributed by atoms with Gasteiger partial charge in [-0.15, -0.1) is 0 Å². The molecule has 1 aromatic heterocycles. The predicted octanol–water partition coefficient (Wildman–Crippen LogP) is 3.36. The number of carbonyl (C=O) groups is 1. The summed E-state index contributed by atoms with van der Waals surface area (Å²) in [4.78, 5) is 26.7. The van der Waals surface area contributed by atoms with Crippen LogP contribution in [0.2, 0.25) is 0 Å². The molecule has 1 N–H and O–H groups in total. The molecule has 7 heteroatoms. The molecule has 1 aliphatic rings. The van der Waals surface area contributed by atoms with Crippen LogP contribution in [0, 0.1) is 13.8 Å². The second-order valence-electron chi connectivity index (χ2n) is 8.02. The van der Waals surface area contributed by atoms with E-state index in [1.807, 2.05) is 79.5 Å². The third-order valence-corrected chi connectivity index (χ3v) is 5.77. The van der Waals surface area contributed by atoms with Crippen molar-refractivity contribution in [1.29, 1.82) is 0 Å². The third-order valence-electron chi connectivity index (χ3n) is 5.77. The van der Waals surface area contributed by atoms with Gasteiger partial charge in [0, 0.05) is 18.8 Å². The highest BCUT2D eigenvalue weighted by molar-refractivity contribution is 5.96. The van der Waals surface area contributed by atoms with E-state index in [1.165, 1.54) is 17.8 Å². The topological polar surface area (TPSA) is 75.0 Å². The molecular weight excluding hydrogens is 418 g/mol. The molecule has 4 rings (SSSR count). The van der Waals surface area contributed by atoms with E-state index in [4.69, 9.17) is 4.74 Å². The highest BCUT2D eigenvalue weighted by atomic mass is 16.5. The maximum atomic E-state index is 13.1. The molecule has 3 aromatic rings. The van der Waals surface area contributed by atoms with Crippen LogP contribution in [0.25, 0.3) is 0 Å². The van der Waals surface area contributed by atoms with Gasteiger partial charge in [-0.25, -0.2) is 0 Å². The van der Waals surface area contributed by atoms with Gasteiger partial charge >= 0.3 is 0 Å². The molecule has 7 nitrogen and oxygen atoms in total. The van der Waals surface area contributed by atoms with Crippen LogP contribution in [0.3, 0.4) is 0 Å². The van der Waals surface area contributed by atoms with Gasteiger partial charge in [0.05, 0.1) is 6.54 Å². The molecule has 2 aromatic carbocycles. The molecule has 33 heavy (non-hydrogen) atoms. The lowest BCUT2D eigenvalue weighted by Gasteiger charge is -2.39. The van der Waals surface area contributed by atoms with Crippen molar-refractivity contribution < 1.29 is 14.6 Å². The normalized spacial score (nSPS) is 13.5. The minimum atomic E-state index is -0.575. The molecule has 0 bridgehead atoms. The van der Waals surface area contributed by atoms with Crippen LogP contribution in [0.4, 0.5) is 0 Å². The van der Waals surface area contributed by atoms with Crippen molar-refractivity contribution in [1.82, 2.24) is 9.58 Å². The van der Waals surface area contributed by atoms with Gasteiger partial charge < -0.3 is 14.7 Å². The van der Waals surface area contributed by atoms with E-state index in [9.17, 15) is 14.7 Å². The number of benzene rings is 2. The van der Waals surface area contributed by atoms with Crippen LogP contribution >= 0.6 is 0 Å². The number of pyridine rings is 1. The number of aromatic hydroxyl groups is 1. The van der Waals surface area contributed by atoms with E-state index < -0.39 is 17.1 Å². The van der Waals surface area contributed by atoms with E-state index in [2.05, 4.69) is 0 Å². The Hall–Kier alpha value is -4.00. The molecule has 0 saturated heterocycles. The summed E-state index contributed by atoms with van der Waals surface area (Å²) in [5.74, 6) is -0.0944. The molecule has 0 radical (unpaired) electrons. The van der Waals surface area contributed by atoms with E-state index in [-0.39, 0.29) is 5.69 Å². The summed E-state index contributed by atoms with van der Waals surface area (Å²) in [6.45, 7) is 5.59. The Labute approximate surface area is 192 Å². The van der Waals surface area contributed by atoms with Crippen LogP contribution in [0.1, 0.15) is 27.2 Å². The maximum absolute atomic E-state index is 13.1. The van der Waals surface area contributed by atoms with Gasteiger partial charge in [0.2, 0.25) is 5.43 Å². The SMILES string of the molecule is Cc1cccc(OC/C=C/CN2CN(Cc3ccccc3)n3ccc(=O)c(O)c3C2=O)c1C. The van der Waals surface area contributed by atoms with Gasteiger partial charge in [0.25, 0.3) is 5.91 Å². The average molecular weight is 446 g/mol. The van der Waals surface area contributed by atoms with Crippen molar-refractivity contribution in [2.45, 2.75) is 20.4 Å². The van der Waals surface area contributed by atoms with Crippen LogP contribution in [-0.4, -0.2) is 40.4 Å². The van der Waals surface area contributed by atoms with Crippen LogP contribution in [0.5, 0.6) is 11.5 Å². The van der Waals surface area contributed by atoms with E-state index >= 15 is 0 Å². The Kier molecular flexibility index (Phi) is 6.49. The smallest absolute Gasteiger partial charge is 0.278 e. The zero-order valence-corrected chi connectivity index (χ0v) is 18.8. The summed E-state index contributed by atoms with van der Waals surface area (Å²) < 4.78 is 7.40. The Morgan fingerprint density at radius 1 is 1.00 bits per heavy atom. The molecule has 0 spiro atoms. The quantitative estimate of drug-likeness (QED) is 0.565. The number of nitrogens with zero attached hydrogens (tertiary/aromatic N) is 3. The lowest BCUT2D eigenvalue weighted by molar-refractivity contribution is 0.0706. The van der Waals surface area contributed by atoms with E-state index in [0.29, 0.717) is 26.4 Å². The number of aryl methyl sites for hydroxylation is 1. The first-order valence-corrected chi connectivity index (χ1v) is 10.8. The second kappa shape index (κ2) is 9.65. The van der Waals surface area contributed by atoms with Gasteiger partial charge in [-0.2, -0.15) is 0 Å². The number of fused-ring (bicyclic) bond motifs is 1. The second-order valence-corrected chi connectivity index (χ2v) is 8.02. The number of hydrogen-bond acceptors (Lipinski definition) is 5. The molecule has 0 saturated carbocycles. The fourth-order valence-corrected chi connectivity index (χ4v) is 3.78. The molecule has 0 atom stereocenters. The van der Waals surface area contributed by atoms with Gasteiger partial charge in [0.15, 0.2) is 11.4 Å². The van der Waals surface area contributed by atoms with Crippen molar-refractivity contribution in [3.63, 3.8) is 0 Å². The minimum absolute atomic E-state index is 0.0234. The number of carbonyl (C=O) groups excluding carboxylic acids is 1. The predicted molar refractivity (Wildman–Crippen MR) is 127 cm³/mol. The number of ether oxygens (including phenoxy) is 1. The van der Waals surface area contributed by atoms with Crippen molar-refractivity contribution in [3.05, 3.63) is 106 Å². The zero-order valence-electron chi connectivity index (χ0n) is 18.8. The number of hydrogen-bond donors (Lipinski definition) is 1.